The fourth-order valence-corrected chi connectivity index (χ4v) is 4.82. The first-order chi connectivity index (χ1) is 12.3. The fraction of sp³-hybridized carbons (Fsp3) is 0.350. The molecule has 1 N–H and O–H groups in total. The number of piperazine rings is 1. The van der Waals surface area contributed by atoms with Crippen molar-refractivity contribution in [3.05, 3.63) is 53.0 Å². The number of halogens is 1. The van der Waals surface area contributed by atoms with Crippen molar-refractivity contribution in [1.29, 1.82) is 0 Å². The summed E-state index contributed by atoms with van der Waals surface area (Å²) in [5.74, 6) is 0. The lowest BCUT2D eigenvalue weighted by atomic mass is 10.2. The number of amides is 2. The van der Waals surface area contributed by atoms with Gasteiger partial charge in [0.1, 0.15) is 0 Å². The van der Waals surface area contributed by atoms with Gasteiger partial charge in [0.2, 0.25) is 0 Å². The molecule has 4 nitrogen and oxygen atoms in total. The minimum absolute atomic E-state index is 0.0162. The van der Waals surface area contributed by atoms with Crippen LogP contribution in [-0.4, -0.2) is 45.2 Å². The predicted molar refractivity (Wildman–Crippen MR) is 116 cm³/mol. The first-order valence-electron chi connectivity index (χ1n) is 9.00. The van der Waals surface area contributed by atoms with Gasteiger partial charge in [-0.25, -0.2) is 4.79 Å². The van der Waals surface area contributed by atoms with Crippen LogP contribution < -0.4 is 15.4 Å². The van der Waals surface area contributed by atoms with E-state index in [1.807, 2.05) is 29.2 Å². The lowest BCUT2D eigenvalue weighted by molar-refractivity contribution is 0.208. The van der Waals surface area contributed by atoms with E-state index in [1.54, 1.807) is 0 Å². The molecule has 1 aliphatic heterocycles. The van der Waals surface area contributed by atoms with Gasteiger partial charge < -0.3 is 15.1 Å². The Hall–Kier alpha value is -1.79. The highest BCUT2D eigenvalue weighted by Crippen LogP contribution is 2.26. The topological polar surface area (TPSA) is 35.6 Å². The molecule has 1 heterocycles. The third-order valence-corrected chi connectivity index (χ3v) is 7.50. The second-order valence-corrected chi connectivity index (χ2v) is 13.6. The summed E-state index contributed by atoms with van der Waals surface area (Å²) in [6.07, 6.45) is 0. The largest absolute Gasteiger partial charge is 0.367 e. The van der Waals surface area contributed by atoms with Crippen molar-refractivity contribution in [3.63, 3.8) is 0 Å². The van der Waals surface area contributed by atoms with Crippen LogP contribution in [0.1, 0.15) is 0 Å². The molecule has 1 aliphatic rings. The molecule has 2 aromatic rings. The Bertz CT molecular complexity index is 765. The minimum Gasteiger partial charge on any atom is -0.367 e. The van der Waals surface area contributed by atoms with Gasteiger partial charge in [-0.2, -0.15) is 0 Å². The maximum absolute atomic E-state index is 12.6. The van der Waals surface area contributed by atoms with Crippen LogP contribution in [0.2, 0.25) is 19.6 Å². The summed E-state index contributed by atoms with van der Waals surface area (Å²) in [5.41, 5.74) is 2.06. The number of urea groups is 1. The zero-order valence-electron chi connectivity index (χ0n) is 15.6. The number of nitrogens with zero attached hydrogens (tertiary/aromatic N) is 2. The molecule has 2 amide bonds. The number of benzene rings is 2. The number of rotatable bonds is 3. The van der Waals surface area contributed by atoms with Crippen molar-refractivity contribution in [2.75, 3.05) is 36.4 Å². The zero-order valence-corrected chi connectivity index (χ0v) is 18.2. The van der Waals surface area contributed by atoms with E-state index in [-0.39, 0.29) is 6.03 Å². The van der Waals surface area contributed by atoms with Crippen LogP contribution in [0.15, 0.2) is 53.0 Å². The SMILES string of the molecule is C[Si](C)(C)c1ccc(NC(=O)N2CCN(c3ccccc3Br)CC2)cc1. The van der Waals surface area contributed by atoms with Gasteiger partial charge in [-0.1, -0.05) is 49.1 Å². The second-order valence-electron chi connectivity index (χ2n) is 7.68. The second kappa shape index (κ2) is 7.84. The normalized spacial score (nSPS) is 15.1. The average Bonchev–Trinajstić information content (AvgIpc) is 2.62. The number of hydrogen-bond acceptors (Lipinski definition) is 2. The zero-order chi connectivity index (χ0) is 18.7. The highest BCUT2D eigenvalue weighted by molar-refractivity contribution is 9.10. The molecule has 0 spiro atoms. The molecule has 0 aromatic heterocycles. The quantitative estimate of drug-likeness (QED) is 0.733. The number of carbonyl (C=O) groups is 1. The monoisotopic (exact) mass is 431 g/mol. The molecule has 0 bridgehead atoms. The van der Waals surface area contributed by atoms with Gasteiger partial charge in [-0.15, -0.1) is 0 Å². The molecule has 0 saturated carbocycles. The number of anilines is 2. The van der Waals surface area contributed by atoms with Crippen LogP contribution >= 0.6 is 15.9 Å². The molecule has 0 atom stereocenters. The predicted octanol–water partition coefficient (Wildman–Crippen LogP) is 4.35. The summed E-state index contributed by atoms with van der Waals surface area (Å²) in [4.78, 5) is 16.8. The third kappa shape index (κ3) is 4.48. The van der Waals surface area contributed by atoms with E-state index in [2.05, 4.69) is 70.1 Å². The molecule has 26 heavy (non-hydrogen) atoms. The Morgan fingerprint density at radius 1 is 0.962 bits per heavy atom. The Labute approximate surface area is 165 Å². The van der Waals surface area contributed by atoms with Crippen LogP contribution in [0.4, 0.5) is 16.2 Å². The standard InChI is InChI=1S/C20H26BrN3OSi/c1-26(2,3)17-10-8-16(9-11-17)22-20(25)24-14-12-23(13-15-24)19-7-5-4-6-18(19)21/h4-11H,12-15H2,1-3H3,(H,22,25). The summed E-state index contributed by atoms with van der Waals surface area (Å²) in [6.45, 7) is 10.1. The lowest BCUT2D eigenvalue weighted by Crippen LogP contribution is -2.50. The Balaban J connectivity index is 1.56. The van der Waals surface area contributed by atoms with Gasteiger partial charge in [-0.05, 0) is 40.2 Å². The summed E-state index contributed by atoms with van der Waals surface area (Å²) >= 11 is 3.61. The van der Waals surface area contributed by atoms with Crippen molar-refractivity contribution < 1.29 is 4.79 Å². The van der Waals surface area contributed by atoms with E-state index < -0.39 is 8.07 Å². The fourth-order valence-electron chi connectivity index (χ4n) is 3.11. The highest BCUT2D eigenvalue weighted by Gasteiger charge is 2.22. The Kier molecular flexibility index (Phi) is 5.72. The summed E-state index contributed by atoms with van der Waals surface area (Å²) in [6, 6.07) is 16.5. The van der Waals surface area contributed by atoms with Crippen molar-refractivity contribution in [3.8, 4) is 0 Å². The van der Waals surface area contributed by atoms with Crippen LogP contribution in [0.3, 0.4) is 0 Å². The average molecular weight is 432 g/mol. The van der Waals surface area contributed by atoms with Crippen molar-refractivity contribution in [2.45, 2.75) is 19.6 Å². The molecular formula is C20H26BrN3OSi. The molecule has 3 rings (SSSR count). The maximum atomic E-state index is 12.6. The van der Waals surface area contributed by atoms with Crippen LogP contribution in [0, 0.1) is 0 Å². The molecule has 0 unspecified atom stereocenters. The van der Waals surface area contributed by atoms with E-state index >= 15 is 0 Å². The molecule has 1 saturated heterocycles. The van der Waals surface area contributed by atoms with Crippen LogP contribution in [0.5, 0.6) is 0 Å². The number of nitrogens with one attached hydrogen (secondary N) is 1. The molecule has 6 heteroatoms. The van der Waals surface area contributed by atoms with Crippen molar-refractivity contribution in [2.24, 2.45) is 0 Å². The lowest BCUT2D eigenvalue weighted by Gasteiger charge is -2.36. The van der Waals surface area contributed by atoms with Crippen LogP contribution in [0.25, 0.3) is 0 Å². The molecular weight excluding hydrogens is 406 g/mol. The van der Waals surface area contributed by atoms with E-state index in [0.717, 1.165) is 36.3 Å². The first kappa shape index (κ1) is 19.0. The van der Waals surface area contributed by atoms with E-state index in [0.29, 0.717) is 0 Å². The van der Waals surface area contributed by atoms with Gasteiger partial charge in [0.05, 0.1) is 13.8 Å². The maximum Gasteiger partial charge on any atom is 0.321 e. The van der Waals surface area contributed by atoms with Gasteiger partial charge in [0, 0.05) is 36.3 Å². The smallest absolute Gasteiger partial charge is 0.321 e. The van der Waals surface area contributed by atoms with Gasteiger partial charge in [0.25, 0.3) is 0 Å². The van der Waals surface area contributed by atoms with E-state index in [4.69, 9.17) is 0 Å². The van der Waals surface area contributed by atoms with Gasteiger partial charge in [0.15, 0.2) is 0 Å². The molecule has 2 aromatic carbocycles. The van der Waals surface area contributed by atoms with Crippen molar-refractivity contribution in [1.82, 2.24) is 4.90 Å². The molecule has 0 aliphatic carbocycles. The molecule has 1 fully saturated rings. The number of carbonyl (C=O) groups excluding carboxylic acids is 1. The number of para-hydroxylation sites is 1. The summed E-state index contributed by atoms with van der Waals surface area (Å²) in [5, 5.41) is 4.43. The summed E-state index contributed by atoms with van der Waals surface area (Å²) < 4.78 is 1.10. The van der Waals surface area contributed by atoms with Gasteiger partial charge in [-0.3, -0.25) is 0 Å². The first-order valence-corrected chi connectivity index (χ1v) is 13.3. The van der Waals surface area contributed by atoms with Gasteiger partial charge >= 0.3 is 6.03 Å². The summed E-state index contributed by atoms with van der Waals surface area (Å²) in [7, 11) is -1.31. The number of hydrogen-bond donors (Lipinski definition) is 1. The van der Waals surface area contributed by atoms with Crippen molar-refractivity contribution >= 4 is 46.6 Å². The van der Waals surface area contributed by atoms with E-state index in [9.17, 15) is 4.79 Å². The minimum atomic E-state index is -1.31. The van der Waals surface area contributed by atoms with Crippen LogP contribution in [-0.2, 0) is 0 Å². The highest BCUT2D eigenvalue weighted by atomic mass is 79.9. The molecule has 0 radical (unpaired) electrons. The molecule has 138 valence electrons. The third-order valence-electron chi connectivity index (χ3n) is 4.76. The Morgan fingerprint density at radius 3 is 2.15 bits per heavy atom. The van der Waals surface area contributed by atoms with E-state index in [1.165, 1.54) is 10.9 Å². The Morgan fingerprint density at radius 2 is 1.58 bits per heavy atom.